The lowest BCUT2D eigenvalue weighted by Gasteiger charge is -2.02. The van der Waals surface area contributed by atoms with Gasteiger partial charge >= 0.3 is 0 Å². The van der Waals surface area contributed by atoms with Gasteiger partial charge in [-0.3, -0.25) is 4.98 Å². The highest BCUT2D eigenvalue weighted by atomic mass is 15.3. The van der Waals surface area contributed by atoms with Gasteiger partial charge < -0.3 is 10.4 Å². The molecule has 5 heteroatoms. The number of hydrogen-bond donors (Lipinski definition) is 2. The second-order valence-electron chi connectivity index (χ2n) is 3.26. The number of hydrazone groups is 1. The van der Waals surface area contributed by atoms with E-state index in [1.807, 2.05) is 18.2 Å². The molecular weight excluding hydrogens is 190 g/mol. The Hall–Kier alpha value is -2.17. The normalized spacial score (nSPS) is 13.3. The molecule has 1 aliphatic heterocycles. The molecule has 5 nitrogen and oxygen atoms in total. The van der Waals surface area contributed by atoms with Crippen LogP contribution in [-0.4, -0.2) is 21.2 Å². The molecule has 15 heavy (non-hydrogen) atoms. The second-order valence-corrected chi connectivity index (χ2v) is 3.26. The third kappa shape index (κ3) is 1.38. The molecule has 1 aliphatic rings. The molecule has 3 heterocycles. The Morgan fingerprint density at radius 1 is 1.27 bits per heavy atom. The Kier molecular flexibility index (Phi) is 1.74. The lowest BCUT2D eigenvalue weighted by Crippen LogP contribution is -2.12. The van der Waals surface area contributed by atoms with Crippen LogP contribution < -0.4 is 5.43 Å². The molecule has 0 fully saturated rings. The molecule has 2 aromatic rings. The fourth-order valence-electron chi connectivity index (χ4n) is 1.52. The minimum Gasteiger partial charge on any atom is -0.338 e. The van der Waals surface area contributed by atoms with Crippen LogP contribution in [-0.2, 0) is 6.54 Å². The highest BCUT2D eigenvalue weighted by molar-refractivity contribution is 5.80. The third-order valence-corrected chi connectivity index (χ3v) is 2.25. The summed E-state index contributed by atoms with van der Waals surface area (Å²) in [7, 11) is 0. The van der Waals surface area contributed by atoms with Gasteiger partial charge in [0.25, 0.3) is 0 Å². The number of imidazole rings is 1. The first kappa shape index (κ1) is 8.16. The maximum atomic E-state index is 4.41. The van der Waals surface area contributed by atoms with Crippen LogP contribution in [0.5, 0.6) is 0 Å². The van der Waals surface area contributed by atoms with Crippen molar-refractivity contribution < 1.29 is 0 Å². The van der Waals surface area contributed by atoms with Gasteiger partial charge in [-0.05, 0) is 12.1 Å². The maximum Gasteiger partial charge on any atom is 0.157 e. The summed E-state index contributed by atoms with van der Waals surface area (Å²) in [5.41, 5.74) is 5.66. The zero-order valence-electron chi connectivity index (χ0n) is 7.94. The lowest BCUT2D eigenvalue weighted by molar-refractivity contribution is 0.719. The summed E-state index contributed by atoms with van der Waals surface area (Å²) in [6.07, 6.45) is 3.46. The predicted octanol–water partition coefficient (Wildman–Crippen LogP) is 0.909. The molecule has 2 N–H and O–H groups in total. The number of aromatic amines is 1. The van der Waals surface area contributed by atoms with Crippen molar-refractivity contribution >= 4 is 6.21 Å². The quantitative estimate of drug-likeness (QED) is 0.717. The van der Waals surface area contributed by atoms with E-state index >= 15 is 0 Å². The average molecular weight is 199 g/mol. The minimum absolute atomic E-state index is 0.686. The minimum atomic E-state index is 0.686. The van der Waals surface area contributed by atoms with Crippen LogP contribution in [0.1, 0.15) is 11.4 Å². The van der Waals surface area contributed by atoms with E-state index in [1.165, 1.54) is 0 Å². The SMILES string of the molecule is C1=NNCc2[nH]c(-c3ccccn3)nc21. The number of nitrogens with one attached hydrogen (secondary N) is 2. The number of fused-ring (bicyclic) bond motifs is 1. The molecule has 2 aromatic heterocycles. The van der Waals surface area contributed by atoms with Crippen LogP contribution >= 0.6 is 0 Å². The van der Waals surface area contributed by atoms with Gasteiger partial charge in [0.15, 0.2) is 5.82 Å². The summed E-state index contributed by atoms with van der Waals surface area (Å²) in [5.74, 6) is 0.788. The van der Waals surface area contributed by atoms with Gasteiger partial charge in [0.1, 0.15) is 11.4 Å². The summed E-state index contributed by atoms with van der Waals surface area (Å²) >= 11 is 0. The maximum absolute atomic E-state index is 4.41. The summed E-state index contributed by atoms with van der Waals surface area (Å²) in [6.45, 7) is 0.686. The molecule has 0 radical (unpaired) electrons. The van der Waals surface area contributed by atoms with Gasteiger partial charge in [0, 0.05) is 6.20 Å². The average Bonchev–Trinajstić information content (AvgIpc) is 2.74. The zero-order valence-corrected chi connectivity index (χ0v) is 7.94. The number of H-pyrrole nitrogens is 1. The molecule has 0 bridgehead atoms. The van der Waals surface area contributed by atoms with Crippen LogP contribution in [0.4, 0.5) is 0 Å². The summed E-state index contributed by atoms with van der Waals surface area (Å²) in [5, 5.41) is 3.95. The molecule has 0 atom stereocenters. The molecular formula is C10H9N5. The lowest BCUT2D eigenvalue weighted by atomic mass is 10.3. The van der Waals surface area contributed by atoms with E-state index in [2.05, 4.69) is 25.5 Å². The summed E-state index contributed by atoms with van der Waals surface area (Å²) in [4.78, 5) is 11.9. The Bertz CT molecular complexity index is 500. The largest absolute Gasteiger partial charge is 0.338 e. The molecule has 0 unspecified atom stereocenters. The van der Waals surface area contributed by atoms with Crippen molar-refractivity contribution in [1.82, 2.24) is 20.4 Å². The van der Waals surface area contributed by atoms with Crippen LogP contribution in [0.2, 0.25) is 0 Å². The number of rotatable bonds is 1. The first-order chi connectivity index (χ1) is 7.43. The van der Waals surface area contributed by atoms with Crippen LogP contribution in [0.15, 0.2) is 29.5 Å². The van der Waals surface area contributed by atoms with E-state index in [1.54, 1.807) is 12.4 Å². The standard InChI is InChI=1S/C10H9N5/c1-2-4-11-7(3-1)10-14-8-5-12-13-6-9(8)15-10/h1-5,13H,6H2,(H,14,15). The first-order valence-electron chi connectivity index (χ1n) is 4.70. The van der Waals surface area contributed by atoms with Gasteiger partial charge in [-0.15, -0.1) is 0 Å². The fourth-order valence-corrected chi connectivity index (χ4v) is 1.52. The highest BCUT2D eigenvalue weighted by Crippen LogP contribution is 2.15. The Morgan fingerprint density at radius 2 is 2.27 bits per heavy atom. The van der Waals surface area contributed by atoms with E-state index in [0.29, 0.717) is 6.54 Å². The fraction of sp³-hybridized carbons (Fsp3) is 0.100. The second kappa shape index (κ2) is 3.20. The number of nitrogens with zero attached hydrogens (tertiary/aromatic N) is 3. The molecule has 0 amide bonds. The van der Waals surface area contributed by atoms with Gasteiger partial charge in [0.05, 0.1) is 18.5 Å². The monoisotopic (exact) mass is 199 g/mol. The van der Waals surface area contributed by atoms with Crippen LogP contribution in [0.3, 0.4) is 0 Å². The molecule has 3 rings (SSSR count). The first-order valence-corrected chi connectivity index (χ1v) is 4.70. The third-order valence-electron chi connectivity index (χ3n) is 2.25. The molecule has 0 spiro atoms. The topological polar surface area (TPSA) is 66.0 Å². The van der Waals surface area contributed by atoms with Crippen molar-refractivity contribution in [3.63, 3.8) is 0 Å². The van der Waals surface area contributed by atoms with Crippen LogP contribution in [0, 0.1) is 0 Å². The Morgan fingerprint density at radius 3 is 3.07 bits per heavy atom. The van der Waals surface area contributed by atoms with Gasteiger partial charge in [0.2, 0.25) is 0 Å². The van der Waals surface area contributed by atoms with Crippen LogP contribution in [0.25, 0.3) is 11.5 Å². The molecule has 0 saturated heterocycles. The summed E-state index contributed by atoms with van der Waals surface area (Å²) < 4.78 is 0. The molecule has 0 saturated carbocycles. The van der Waals surface area contributed by atoms with E-state index in [9.17, 15) is 0 Å². The Balaban J connectivity index is 2.07. The van der Waals surface area contributed by atoms with E-state index < -0.39 is 0 Å². The van der Waals surface area contributed by atoms with Gasteiger partial charge in [-0.2, -0.15) is 5.10 Å². The van der Waals surface area contributed by atoms with Crippen molar-refractivity contribution in [1.29, 1.82) is 0 Å². The number of aromatic nitrogens is 3. The van der Waals surface area contributed by atoms with E-state index in [4.69, 9.17) is 0 Å². The Labute approximate surface area is 86.3 Å². The van der Waals surface area contributed by atoms with E-state index in [-0.39, 0.29) is 0 Å². The van der Waals surface area contributed by atoms with Crippen molar-refractivity contribution in [2.75, 3.05) is 0 Å². The van der Waals surface area contributed by atoms with Gasteiger partial charge in [-0.25, -0.2) is 4.98 Å². The summed E-state index contributed by atoms with van der Waals surface area (Å²) in [6, 6.07) is 5.75. The zero-order chi connectivity index (χ0) is 10.1. The molecule has 0 aromatic carbocycles. The van der Waals surface area contributed by atoms with Crippen molar-refractivity contribution in [3.05, 3.63) is 35.8 Å². The molecule has 0 aliphatic carbocycles. The van der Waals surface area contributed by atoms with Crippen molar-refractivity contribution in [2.45, 2.75) is 6.54 Å². The van der Waals surface area contributed by atoms with Gasteiger partial charge in [-0.1, -0.05) is 6.07 Å². The smallest absolute Gasteiger partial charge is 0.157 e. The predicted molar refractivity (Wildman–Crippen MR) is 56.3 cm³/mol. The number of pyridine rings is 1. The van der Waals surface area contributed by atoms with E-state index in [0.717, 1.165) is 22.9 Å². The van der Waals surface area contributed by atoms with Crippen molar-refractivity contribution in [3.8, 4) is 11.5 Å². The molecule has 74 valence electrons. The highest BCUT2D eigenvalue weighted by Gasteiger charge is 2.12. The number of hydrogen-bond acceptors (Lipinski definition) is 4. The van der Waals surface area contributed by atoms with Crippen molar-refractivity contribution in [2.24, 2.45) is 5.10 Å².